The number of hydrogen-bond donors (Lipinski definition) is 2. The average molecular weight is 467 g/mol. The monoisotopic (exact) mass is 466 g/mol. The Kier molecular flexibility index (Phi) is 5.64. The first-order valence-electron chi connectivity index (χ1n) is 11.7. The fourth-order valence-electron chi connectivity index (χ4n) is 5.22. The smallest absolute Gasteiger partial charge is 0.162 e. The van der Waals surface area contributed by atoms with Crippen molar-refractivity contribution in [2.24, 2.45) is 5.41 Å². The number of allylic oxidation sites excluding steroid dienone is 2. The summed E-state index contributed by atoms with van der Waals surface area (Å²) in [5, 5.41) is 20.9. The normalized spacial score (nSPS) is 21.1. The van der Waals surface area contributed by atoms with E-state index in [1.165, 1.54) is 12.1 Å². The topological polar surface area (TPSA) is 64.4 Å². The highest BCUT2D eigenvalue weighted by Crippen LogP contribution is 2.51. The van der Waals surface area contributed by atoms with Crippen LogP contribution in [0.5, 0.6) is 0 Å². The number of carbonyl (C=O) groups is 1. The molecule has 0 spiro atoms. The molecule has 5 rings (SSSR count). The molecule has 0 saturated heterocycles. The predicted molar refractivity (Wildman–Crippen MR) is 137 cm³/mol. The standard InChI is InChI=1S/C30H27FN2O2/c1-30(2)17-23-26(24(34)18-30)25(19-13-15-21(31)16-14-19)27(28(35)20-9-5-3-6-10-20)29(32)33(23)22-11-7-4-8-12-22/h3-16,25,32,35H,17-18H2,1-2H3/b28-27+,32-29?. The highest BCUT2D eigenvalue weighted by Gasteiger charge is 2.46. The number of aliphatic hydroxyl groups excluding tert-OH is 1. The van der Waals surface area contributed by atoms with Crippen LogP contribution in [0.3, 0.4) is 0 Å². The Morgan fingerprint density at radius 1 is 0.943 bits per heavy atom. The number of rotatable bonds is 3. The minimum atomic E-state index is -0.679. The van der Waals surface area contributed by atoms with Crippen molar-refractivity contribution in [3.05, 3.63) is 119 Å². The van der Waals surface area contributed by atoms with Crippen LogP contribution in [0, 0.1) is 16.6 Å². The molecule has 176 valence electrons. The zero-order valence-electron chi connectivity index (χ0n) is 19.8. The van der Waals surface area contributed by atoms with E-state index in [0.29, 0.717) is 35.1 Å². The predicted octanol–water partition coefficient (Wildman–Crippen LogP) is 7.02. The minimum Gasteiger partial charge on any atom is -0.507 e. The summed E-state index contributed by atoms with van der Waals surface area (Å²) >= 11 is 0. The molecule has 1 unspecified atom stereocenters. The van der Waals surface area contributed by atoms with Crippen molar-refractivity contribution < 1.29 is 14.3 Å². The first kappa shape index (κ1) is 22.8. The van der Waals surface area contributed by atoms with Gasteiger partial charge in [0.25, 0.3) is 0 Å². The summed E-state index contributed by atoms with van der Waals surface area (Å²) in [7, 11) is 0. The molecule has 3 aromatic rings. The number of amidine groups is 1. The van der Waals surface area contributed by atoms with E-state index in [-0.39, 0.29) is 28.6 Å². The lowest BCUT2D eigenvalue weighted by Crippen LogP contribution is -2.45. The second-order valence-corrected chi connectivity index (χ2v) is 9.93. The number of benzene rings is 3. The van der Waals surface area contributed by atoms with Gasteiger partial charge in [-0.3, -0.25) is 15.1 Å². The van der Waals surface area contributed by atoms with Gasteiger partial charge in [0, 0.05) is 40.4 Å². The number of aliphatic hydroxyl groups is 1. The van der Waals surface area contributed by atoms with Gasteiger partial charge < -0.3 is 5.11 Å². The van der Waals surface area contributed by atoms with Crippen molar-refractivity contribution >= 4 is 23.1 Å². The Morgan fingerprint density at radius 3 is 2.17 bits per heavy atom. The molecule has 35 heavy (non-hydrogen) atoms. The van der Waals surface area contributed by atoms with Gasteiger partial charge in [-0.25, -0.2) is 4.39 Å². The van der Waals surface area contributed by atoms with Crippen LogP contribution in [0.2, 0.25) is 0 Å². The zero-order valence-corrected chi connectivity index (χ0v) is 19.8. The van der Waals surface area contributed by atoms with Crippen LogP contribution in [-0.4, -0.2) is 16.7 Å². The van der Waals surface area contributed by atoms with Crippen LogP contribution in [0.25, 0.3) is 5.76 Å². The molecular weight excluding hydrogens is 439 g/mol. The highest BCUT2D eigenvalue weighted by molar-refractivity contribution is 6.19. The summed E-state index contributed by atoms with van der Waals surface area (Å²) in [5.41, 5.74) is 3.36. The van der Waals surface area contributed by atoms with Crippen molar-refractivity contribution in [2.75, 3.05) is 4.90 Å². The van der Waals surface area contributed by atoms with Crippen LogP contribution in [0.1, 0.15) is 43.7 Å². The molecule has 1 aliphatic heterocycles. The number of nitrogens with one attached hydrogen (secondary N) is 1. The fraction of sp³-hybridized carbons (Fsp3) is 0.200. The van der Waals surface area contributed by atoms with Crippen LogP contribution in [0.15, 0.2) is 102 Å². The van der Waals surface area contributed by atoms with Crippen LogP contribution in [-0.2, 0) is 4.79 Å². The molecule has 0 fully saturated rings. The molecule has 1 heterocycles. The Hall–Kier alpha value is -3.99. The van der Waals surface area contributed by atoms with Crippen LogP contribution < -0.4 is 4.90 Å². The lowest BCUT2D eigenvalue weighted by molar-refractivity contribution is -0.118. The van der Waals surface area contributed by atoms with E-state index < -0.39 is 5.92 Å². The van der Waals surface area contributed by atoms with E-state index in [9.17, 15) is 19.7 Å². The van der Waals surface area contributed by atoms with Gasteiger partial charge in [0.1, 0.15) is 17.4 Å². The summed E-state index contributed by atoms with van der Waals surface area (Å²) in [6.45, 7) is 4.11. The largest absolute Gasteiger partial charge is 0.507 e. The molecule has 3 aromatic carbocycles. The van der Waals surface area contributed by atoms with Crippen molar-refractivity contribution in [1.29, 1.82) is 5.41 Å². The summed E-state index contributed by atoms with van der Waals surface area (Å²) in [6, 6.07) is 24.5. The maximum absolute atomic E-state index is 13.9. The van der Waals surface area contributed by atoms with Gasteiger partial charge in [-0.05, 0) is 41.7 Å². The lowest BCUT2D eigenvalue weighted by Gasteiger charge is -2.45. The molecular formula is C30H27FN2O2. The molecule has 2 aliphatic rings. The van der Waals surface area contributed by atoms with Gasteiger partial charge in [0.05, 0.1) is 0 Å². The molecule has 5 heteroatoms. The molecule has 2 N–H and O–H groups in total. The maximum atomic E-state index is 13.9. The van der Waals surface area contributed by atoms with Crippen LogP contribution >= 0.6 is 0 Å². The number of anilines is 1. The summed E-state index contributed by atoms with van der Waals surface area (Å²) in [4.78, 5) is 15.5. The van der Waals surface area contributed by atoms with E-state index in [2.05, 4.69) is 13.8 Å². The molecule has 0 bridgehead atoms. The summed E-state index contributed by atoms with van der Waals surface area (Å²) < 4.78 is 13.9. The van der Waals surface area contributed by atoms with Gasteiger partial charge in [-0.1, -0.05) is 74.5 Å². The summed E-state index contributed by atoms with van der Waals surface area (Å²) in [6.07, 6.45) is 0.960. The molecule has 0 amide bonds. The minimum absolute atomic E-state index is 0.0163. The van der Waals surface area contributed by atoms with E-state index >= 15 is 0 Å². The third-order valence-electron chi connectivity index (χ3n) is 6.74. The second-order valence-electron chi connectivity index (χ2n) is 9.93. The number of halogens is 1. The number of ketones is 1. The maximum Gasteiger partial charge on any atom is 0.162 e. The SMILES string of the molecule is CC1(C)CC(=O)C2=C(C1)N(c1ccccc1)C(=N)/C(=C(/O)c1ccccc1)C2c1ccc(F)cc1. The van der Waals surface area contributed by atoms with E-state index in [0.717, 1.165) is 11.4 Å². The van der Waals surface area contributed by atoms with Crippen molar-refractivity contribution in [1.82, 2.24) is 0 Å². The van der Waals surface area contributed by atoms with Crippen molar-refractivity contribution in [3.8, 4) is 0 Å². The number of nitrogens with zero attached hydrogens (tertiary/aromatic N) is 1. The Bertz CT molecular complexity index is 1360. The molecule has 4 nitrogen and oxygen atoms in total. The molecule has 1 atom stereocenters. The van der Waals surface area contributed by atoms with E-state index in [4.69, 9.17) is 0 Å². The Labute approximate surface area is 204 Å². The third kappa shape index (κ3) is 4.08. The van der Waals surface area contributed by atoms with Gasteiger partial charge >= 0.3 is 0 Å². The van der Waals surface area contributed by atoms with Gasteiger partial charge in [-0.2, -0.15) is 0 Å². The number of carbonyl (C=O) groups excluding carboxylic acids is 1. The quantitative estimate of drug-likeness (QED) is 0.408. The zero-order chi connectivity index (χ0) is 24.7. The van der Waals surface area contributed by atoms with Crippen LogP contribution in [0.4, 0.5) is 10.1 Å². The van der Waals surface area contributed by atoms with Crippen molar-refractivity contribution in [3.63, 3.8) is 0 Å². The Morgan fingerprint density at radius 2 is 1.54 bits per heavy atom. The fourth-order valence-corrected chi connectivity index (χ4v) is 5.22. The molecule has 1 aliphatic carbocycles. The number of hydrogen-bond acceptors (Lipinski definition) is 3. The van der Waals surface area contributed by atoms with E-state index in [1.54, 1.807) is 29.2 Å². The number of Topliss-reactive ketones (excluding diaryl/α,β-unsaturated/α-hetero) is 1. The first-order chi connectivity index (χ1) is 16.8. The average Bonchev–Trinajstić information content (AvgIpc) is 2.84. The summed E-state index contributed by atoms with van der Waals surface area (Å²) in [5.74, 6) is -1.03. The van der Waals surface area contributed by atoms with E-state index in [1.807, 2.05) is 48.5 Å². The first-order valence-corrected chi connectivity index (χ1v) is 11.7. The Balaban J connectivity index is 1.85. The molecule has 0 aromatic heterocycles. The molecule has 0 radical (unpaired) electrons. The van der Waals surface area contributed by atoms with Gasteiger partial charge in [-0.15, -0.1) is 0 Å². The lowest BCUT2D eigenvalue weighted by atomic mass is 9.67. The van der Waals surface area contributed by atoms with Gasteiger partial charge in [0.15, 0.2) is 5.78 Å². The highest BCUT2D eigenvalue weighted by atomic mass is 19.1. The second kappa shape index (κ2) is 8.66. The molecule has 0 saturated carbocycles. The number of para-hydroxylation sites is 1. The third-order valence-corrected chi connectivity index (χ3v) is 6.74. The van der Waals surface area contributed by atoms with Crippen molar-refractivity contribution in [2.45, 2.75) is 32.6 Å². The van der Waals surface area contributed by atoms with Gasteiger partial charge in [0.2, 0.25) is 0 Å².